The highest BCUT2D eigenvalue weighted by molar-refractivity contribution is 5.88. The molecule has 1 aliphatic heterocycles. The number of aryl methyl sites for hydroxylation is 1. The van der Waals surface area contributed by atoms with E-state index in [1.54, 1.807) is 41.0 Å². The predicted octanol–water partition coefficient (Wildman–Crippen LogP) is 1.48. The van der Waals surface area contributed by atoms with E-state index in [9.17, 15) is 9.90 Å². The Morgan fingerprint density at radius 2 is 2.00 bits per heavy atom. The van der Waals surface area contributed by atoms with Crippen LogP contribution in [0, 0.1) is 0 Å². The van der Waals surface area contributed by atoms with Gasteiger partial charge in [0.25, 0.3) is 0 Å². The Hall–Kier alpha value is -2.70. The number of piperazine rings is 1. The van der Waals surface area contributed by atoms with Crippen molar-refractivity contribution in [2.24, 2.45) is 7.05 Å². The normalized spacial score (nSPS) is 15.0. The van der Waals surface area contributed by atoms with Crippen LogP contribution in [0.4, 0.5) is 16.3 Å². The van der Waals surface area contributed by atoms with E-state index in [0.29, 0.717) is 18.9 Å². The summed E-state index contributed by atoms with van der Waals surface area (Å²) in [5.41, 5.74) is 0.978. The van der Waals surface area contributed by atoms with E-state index in [1.807, 2.05) is 12.1 Å². The molecule has 0 saturated carbocycles. The van der Waals surface area contributed by atoms with E-state index in [0.717, 1.165) is 18.8 Å². The molecule has 2 aromatic rings. The standard InChI is InChI=1S/C15H19N5O2/c1-18-14(5-6-16-18)17-15(22)20-9-7-19(8-10-20)12-3-2-4-13(21)11-12/h2-6,11,21H,7-10H2,1H3,(H,17,22). The smallest absolute Gasteiger partial charge is 0.323 e. The molecule has 0 aliphatic carbocycles. The first kappa shape index (κ1) is 14.2. The lowest BCUT2D eigenvalue weighted by Gasteiger charge is -2.36. The molecule has 1 aromatic carbocycles. The molecule has 0 radical (unpaired) electrons. The van der Waals surface area contributed by atoms with Crippen molar-refractivity contribution in [1.82, 2.24) is 14.7 Å². The Morgan fingerprint density at radius 1 is 1.23 bits per heavy atom. The third kappa shape index (κ3) is 2.98. The number of nitrogens with zero attached hydrogens (tertiary/aromatic N) is 4. The maximum atomic E-state index is 12.2. The van der Waals surface area contributed by atoms with E-state index in [-0.39, 0.29) is 11.8 Å². The van der Waals surface area contributed by atoms with Crippen LogP contribution in [0.5, 0.6) is 5.75 Å². The second-order valence-electron chi connectivity index (χ2n) is 5.26. The number of nitrogens with one attached hydrogen (secondary N) is 1. The van der Waals surface area contributed by atoms with Crippen LogP contribution in [0.15, 0.2) is 36.5 Å². The van der Waals surface area contributed by atoms with Crippen molar-refractivity contribution in [3.63, 3.8) is 0 Å². The SMILES string of the molecule is Cn1nccc1NC(=O)N1CCN(c2cccc(O)c2)CC1. The maximum Gasteiger partial charge on any atom is 0.323 e. The Balaban J connectivity index is 1.57. The lowest BCUT2D eigenvalue weighted by molar-refractivity contribution is 0.208. The highest BCUT2D eigenvalue weighted by Gasteiger charge is 2.22. The van der Waals surface area contributed by atoms with Crippen LogP contribution in [-0.2, 0) is 7.05 Å². The molecule has 0 atom stereocenters. The van der Waals surface area contributed by atoms with E-state index in [1.165, 1.54) is 0 Å². The molecule has 1 aliphatic rings. The lowest BCUT2D eigenvalue weighted by Crippen LogP contribution is -2.50. The number of anilines is 2. The van der Waals surface area contributed by atoms with Crippen LogP contribution in [-0.4, -0.2) is 52.0 Å². The van der Waals surface area contributed by atoms with Crippen molar-refractivity contribution in [2.45, 2.75) is 0 Å². The molecule has 0 spiro atoms. The molecule has 3 rings (SSSR count). The van der Waals surface area contributed by atoms with Crippen molar-refractivity contribution >= 4 is 17.5 Å². The third-order valence-electron chi connectivity index (χ3n) is 3.82. The van der Waals surface area contributed by atoms with Gasteiger partial charge in [-0.3, -0.25) is 10.00 Å². The molecule has 2 N–H and O–H groups in total. The first-order chi connectivity index (χ1) is 10.6. The van der Waals surface area contributed by atoms with Crippen molar-refractivity contribution in [3.05, 3.63) is 36.5 Å². The minimum atomic E-state index is -0.112. The second-order valence-corrected chi connectivity index (χ2v) is 5.26. The summed E-state index contributed by atoms with van der Waals surface area (Å²) in [6.07, 6.45) is 1.65. The summed E-state index contributed by atoms with van der Waals surface area (Å²) in [4.78, 5) is 16.2. The van der Waals surface area contributed by atoms with E-state index >= 15 is 0 Å². The number of phenols is 1. The second kappa shape index (κ2) is 5.97. The number of phenolic OH excluding ortho intramolecular Hbond substituents is 1. The van der Waals surface area contributed by atoms with Gasteiger partial charge in [0, 0.05) is 51.0 Å². The van der Waals surface area contributed by atoms with Crippen molar-refractivity contribution < 1.29 is 9.90 Å². The Kier molecular flexibility index (Phi) is 3.86. The molecule has 1 fully saturated rings. The topological polar surface area (TPSA) is 73.6 Å². The lowest BCUT2D eigenvalue weighted by atomic mass is 10.2. The summed E-state index contributed by atoms with van der Waals surface area (Å²) in [5, 5.41) is 16.4. The van der Waals surface area contributed by atoms with Crippen molar-refractivity contribution in [2.75, 3.05) is 36.4 Å². The van der Waals surface area contributed by atoms with Crippen molar-refractivity contribution in [1.29, 1.82) is 0 Å². The largest absolute Gasteiger partial charge is 0.508 e. The molecule has 1 saturated heterocycles. The van der Waals surface area contributed by atoms with E-state index in [4.69, 9.17) is 0 Å². The van der Waals surface area contributed by atoms with Crippen LogP contribution < -0.4 is 10.2 Å². The van der Waals surface area contributed by atoms with Gasteiger partial charge < -0.3 is 14.9 Å². The van der Waals surface area contributed by atoms with Gasteiger partial charge in [0.2, 0.25) is 0 Å². The van der Waals surface area contributed by atoms with Crippen LogP contribution in [0.25, 0.3) is 0 Å². The molecule has 0 bridgehead atoms. The Labute approximate surface area is 128 Å². The molecule has 2 amide bonds. The number of urea groups is 1. The number of amides is 2. The van der Waals surface area contributed by atoms with Gasteiger partial charge in [0.1, 0.15) is 11.6 Å². The Bertz CT molecular complexity index is 661. The number of rotatable bonds is 2. The van der Waals surface area contributed by atoms with Gasteiger partial charge in [-0.2, -0.15) is 5.10 Å². The van der Waals surface area contributed by atoms with Crippen LogP contribution in [0.1, 0.15) is 0 Å². The number of aromatic hydroxyl groups is 1. The van der Waals surface area contributed by atoms with Gasteiger partial charge in [0.15, 0.2) is 0 Å². The summed E-state index contributed by atoms with van der Waals surface area (Å²) in [5.74, 6) is 0.939. The fourth-order valence-corrected chi connectivity index (χ4v) is 2.54. The number of benzene rings is 1. The number of carbonyl (C=O) groups is 1. The van der Waals surface area contributed by atoms with Crippen LogP contribution >= 0.6 is 0 Å². The summed E-state index contributed by atoms with van der Waals surface area (Å²) < 4.78 is 1.63. The number of hydrogen-bond acceptors (Lipinski definition) is 4. The molecular formula is C15H19N5O2. The summed E-state index contributed by atoms with van der Waals surface area (Å²) in [6.45, 7) is 2.75. The van der Waals surface area contributed by atoms with Crippen LogP contribution in [0.3, 0.4) is 0 Å². The predicted molar refractivity (Wildman–Crippen MR) is 84.1 cm³/mol. The zero-order valence-electron chi connectivity index (χ0n) is 12.4. The zero-order valence-corrected chi connectivity index (χ0v) is 12.4. The van der Waals surface area contributed by atoms with Crippen LogP contribution in [0.2, 0.25) is 0 Å². The highest BCUT2D eigenvalue weighted by Crippen LogP contribution is 2.21. The summed E-state index contributed by atoms with van der Waals surface area (Å²) in [7, 11) is 1.79. The fourth-order valence-electron chi connectivity index (χ4n) is 2.54. The minimum Gasteiger partial charge on any atom is -0.508 e. The minimum absolute atomic E-state index is 0.112. The zero-order chi connectivity index (χ0) is 15.5. The van der Waals surface area contributed by atoms with Gasteiger partial charge >= 0.3 is 6.03 Å². The van der Waals surface area contributed by atoms with Gasteiger partial charge in [-0.1, -0.05) is 6.07 Å². The third-order valence-corrected chi connectivity index (χ3v) is 3.82. The number of aromatic nitrogens is 2. The first-order valence-electron chi connectivity index (χ1n) is 7.21. The number of hydrogen-bond donors (Lipinski definition) is 2. The van der Waals surface area contributed by atoms with Crippen molar-refractivity contribution in [3.8, 4) is 5.75 Å². The molecule has 1 aromatic heterocycles. The molecule has 0 unspecified atom stereocenters. The molecule has 7 heteroatoms. The molecule has 7 nitrogen and oxygen atoms in total. The van der Waals surface area contributed by atoms with Gasteiger partial charge in [0.05, 0.1) is 6.20 Å². The Morgan fingerprint density at radius 3 is 2.64 bits per heavy atom. The first-order valence-corrected chi connectivity index (χ1v) is 7.21. The van der Waals surface area contributed by atoms with Gasteiger partial charge in [-0.25, -0.2) is 4.79 Å². The monoisotopic (exact) mass is 301 g/mol. The summed E-state index contributed by atoms with van der Waals surface area (Å²) >= 11 is 0. The maximum absolute atomic E-state index is 12.2. The van der Waals surface area contributed by atoms with E-state index < -0.39 is 0 Å². The molecule has 2 heterocycles. The molecule has 116 valence electrons. The highest BCUT2D eigenvalue weighted by atomic mass is 16.3. The van der Waals surface area contributed by atoms with Gasteiger partial charge in [-0.05, 0) is 12.1 Å². The molecular weight excluding hydrogens is 282 g/mol. The average molecular weight is 301 g/mol. The van der Waals surface area contributed by atoms with Gasteiger partial charge in [-0.15, -0.1) is 0 Å². The quantitative estimate of drug-likeness (QED) is 0.881. The average Bonchev–Trinajstić information content (AvgIpc) is 2.92. The number of carbonyl (C=O) groups excluding carboxylic acids is 1. The van der Waals surface area contributed by atoms with E-state index in [2.05, 4.69) is 15.3 Å². The summed E-state index contributed by atoms with van der Waals surface area (Å²) in [6, 6.07) is 8.84. The fraction of sp³-hybridized carbons (Fsp3) is 0.333. The molecule has 22 heavy (non-hydrogen) atoms.